The molecule has 11 aromatic rings. The molecule has 0 saturated heterocycles. The molecule has 0 saturated carbocycles. The summed E-state index contributed by atoms with van der Waals surface area (Å²) in [6.45, 7) is 8.88. The van der Waals surface area contributed by atoms with Crippen molar-refractivity contribution in [3.05, 3.63) is 238 Å². The third kappa shape index (κ3) is 14.9. The van der Waals surface area contributed by atoms with E-state index in [2.05, 4.69) is 132 Å². The van der Waals surface area contributed by atoms with Crippen molar-refractivity contribution in [3.8, 4) is 25.3 Å². The van der Waals surface area contributed by atoms with Crippen molar-refractivity contribution >= 4 is 78.6 Å². The number of nitrogens with two attached hydrogens (primary N) is 1. The zero-order valence-electron chi connectivity index (χ0n) is 38.8. The minimum Gasteiger partial charge on any atom is -0.494 e. The Morgan fingerprint density at radius 2 is 1.16 bits per heavy atom. The first-order valence-corrected chi connectivity index (χ1v) is 25.4. The summed E-state index contributed by atoms with van der Waals surface area (Å²) in [5.41, 5.74) is 14.2. The van der Waals surface area contributed by atoms with Crippen molar-refractivity contribution in [2.45, 2.75) is 27.7 Å². The maximum Gasteiger partial charge on any atom is 0.193 e. The van der Waals surface area contributed by atoms with Gasteiger partial charge in [0.25, 0.3) is 0 Å². The van der Waals surface area contributed by atoms with Gasteiger partial charge in [-0.3, -0.25) is 4.79 Å². The molecule has 0 unspecified atom stereocenters. The van der Waals surface area contributed by atoms with Crippen molar-refractivity contribution in [2.75, 3.05) is 12.3 Å². The third-order valence-corrected chi connectivity index (χ3v) is 14.3. The molecule has 0 aliphatic carbocycles. The van der Waals surface area contributed by atoms with E-state index in [9.17, 15) is 4.79 Å². The van der Waals surface area contributed by atoms with Crippen molar-refractivity contribution in [1.82, 2.24) is 9.13 Å². The van der Waals surface area contributed by atoms with Gasteiger partial charge in [-0.15, -0.1) is 34.0 Å². The lowest BCUT2D eigenvalue weighted by Gasteiger charge is -2.04. The fourth-order valence-electron chi connectivity index (χ4n) is 6.84. The third-order valence-electron chi connectivity index (χ3n) is 10.2. The topological polar surface area (TPSA) is 62.2 Å². The number of rotatable bonds is 6. The van der Waals surface area contributed by atoms with Gasteiger partial charge in [-0.2, -0.15) is 11.3 Å². The second-order valence-electron chi connectivity index (χ2n) is 15.4. The van der Waals surface area contributed by atoms with Crippen LogP contribution in [0.25, 0.3) is 41.3 Å². The zero-order valence-corrected chi connectivity index (χ0v) is 42.1. The molecule has 11 rings (SSSR count). The van der Waals surface area contributed by atoms with Gasteiger partial charge in [0.05, 0.1) is 6.61 Å². The highest BCUT2D eigenvalue weighted by molar-refractivity contribution is 7.26. The summed E-state index contributed by atoms with van der Waals surface area (Å²) >= 11 is 7.26. The molecule has 9 heteroatoms. The normalized spacial score (nSPS) is 10.1. The minimum atomic E-state index is 0.0358. The number of aryl methyl sites for hydroxylation is 5. The molecule has 6 heterocycles. The second kappa shape index (κ2) is 25.8. The predicted octanol–water partition coefficient (Wildman–Crippen LogP) is 16.8. The molecule has 0 amide bonds. The number of hydrogen-bond acceptors (Lipinski definition) is 7. The average Bonchev–Trinajstić information content (AvgIpc) is 4.23. The predicted molar refractivity (Wildman–Crippen MR) is 294 cm³/mol. The Morgan fingerprint density at radius 1 is 0.567 bits per heavy atom. The van der Waals surface area contributed by atoms with Crippen LogP contribution < -0.4 is 10.5 Å². The summed E-state index contributed by atoms with van der Waals surface area (Å²) in [6, 6.07) is 58.3. The number of anilines is 1. The highest BCUT2D eigenvalue weighted by atomic mass is 32.1. The maximum atomic E-state index is 12.1. The monoisotopic (exact) mass is 955 g/mol. The van der Waals surface area contributed by atoms with Crippen LogP contribution in [-0.2, 0) is 14.1 Å². The smallest absolute Gasteiger partial charge is 0.193 e. The molecule has 5 aromatic carbocycles. The van der Waals surface area contributed by atoms with Gasteiger partial charge in [0, 0.05) is 84.6 Å². The number of fused-ring (bicyclic) bond motifs is 3. The standard InChI is InChI=1S/C15H14O2.C13H11N.C13H10S3.C7H9N.C5H7N.C5H6S/c1-2-17-14-10-8-13(9-11-14)15(16)12-6-4-3-5-7-12;1-14-12-8-4-2-6-10(12)11-7-3-5-9-13(11)14;1-9-8-12(10-4-2-6-14-10)16-13(9)11-5-3-7-15-11;1-6-3-2-4-7(8)5-6;1-6-4-2-3-5-6;1-5-2-3-6-4-5/h3-11H,2H2,1H3;2-9H,1H3;2-8H,1H3;2-5H,8H2,1H3;2-5H,1H3;2-4H,1H3. The number of hydrogen-bond donors (Lipinski definition) is 1. The van der Waals surface area contributed by atoms with E-state index < -0.39 is 0 Å². The van der Waals surface area contributed by atoms with Crippen molar-refractivity contribution in [3.63, 3.8) is 0 Å². The molecule has 340 valence electrons. The van der Waals surface area contributed by atoms with E-state index in [0.29, 0.717) is 17.7 Å². The van der Waals surface area contributed by atoms with E-state index in [1.165, 1.54) is 58.0 Å². The molecule has 0 spiro atoms. The maximum absolute atomic E-state index is 12.1. The summed E-state index contributed by atoms with van der Waals surface area (Å²) in [7, 11) is 4.12. The molecule has 0 aliphatic heterocycles. The van der Waals surface area contributed by atoms with Crippen LogP contribution in [0, 0.1) is 20.8 Å². The first-order valence-electron chi connectivity index (χ1n) is 21.9. The Labute approximate surface area is 411 Å². The molecule has 6 aromatic heterocycles. The summed E-state index contributed by atoms with van der Waals surface area (Å²) in [4.78, 5) is 17.6. The number of nitrogen functional groups attached to an aromatic ring is 1. The lowest BCUT2D eigenvalue weighted by molar-refractivity contribution is 0.103. The van der Waals surface area contributed by atoms with Gasteiger partial charge in [-0.05, 0) is 151 Å². The van der Waals surface area contributed by atoms with E-state index in [1.807, 2.05) is 151 Å². The van der Waals surface area contributed by atoms with E-state index in [0.717, 1.165) is 11.4 Å². The highest BCUT2D eigenvalue weighted by Gasteiger charge is 2.11. The number of benzene rings is 5. The van der Waals surface area contributed by atoms with Crippen molar-refractivity contribution in [2.24, 2.45) is 14.1 Å². The molecule has 5 nitrogen and oxygen atoms in total. The van der Waals surface area contributed by atoms with E-state index in [1.54, 1.807) is 23.5 Å². The Hall–Kier alpha value is -6.75. The first-order chi connectivity index (χ1) is 32.6. The number of ether oxygens (including phenoxy) is 1. The summed E-state index contributed by atoms with van der Waals surface area (Å²) in [5.74, 6) is 0.825. The lowest BCUT2D eigenvalue weighted by atomic mass is 10.0. The molecule has 0 aliphatic rings. The van der Waals surface area contributed by atoms with Crippen LogP contribution in [0.5, 0.6) is 5.75 Å². The number of thiophene rings is 4. The van der Waals surface area contributed by atoms with Gasteiger partial charge in [-0.25, -0.2) is 0 Å². The van der Waals surface area contributed by atoms with Crippen LogP contribution in [0.3, 0.4) is 0 Å². The van der Waals surface area contributed by atoms with Crippen molar-refractivity contribution in [1.29, 1.82) is 0 Å². The van der Waals surface area contributed by atoms with Crippen LogP contribution in [-0.4, -0.2) is 21.5 Å². The average molecular weight is 956 g/mol. The van der Waals surface area contributed by atoms with E-state index >= 15 is 0 Å². The number of carbonyl (C=O) groups excluding carboxylic acids is 1. The van der Waals surface area contributed by atoms with Gasteiger partial charge in [0.2, 0.25) is 0 Å². The number of aromatic nitrogens is 2. The SMILES string of the molecule is CCOc1ccc(C(=O)c2ccccc2)cc1.Cc1cc(-c2cccs2)sc1-c1cccs1.Cc1cccc(N)c1.Cc1ccsc1.Cn1c2ccccc2c2ccccc21.Cn1cccc1. The minimum absolute atomic E-state index is 0.0358. The number of nitrogens with zero attached hydrogens (tertiary/aromatic N) is 2. The Balaban J connectivity index is 0.000000139. The molecule has 2 N–H and O–H groups in total. The van der Waals surface area contributed by atoms with E-state index in [-0.39, 0.29) is 5.78 Å². The Kier molecular flexibility index (Phi) is 19.1. The van der Waals surface area contributed by atoms with Gasteiger partial charge in [0.1, 0.15) is 5.75 Å². The number of ketones is 1. The summed E-state index contributed by atoms with van der Waals surface area (Å²) < 4.78 is 9.58. The zero-order chi connectivity index (χ0) is 47.4. The lowest BCUT2D eigenvalue weighted by Crippen LogP contribution is -2.01. The molecular weight excluding hydrogens is 899 g/mol. The molecule has 67 heavy (non-hydrogen) atoms. The first kappa shape index (κ1) is 49.7. The fourth-order valence-corrected chi connectivity index (χ4v) is 10.4. The van der Waals surface area contributed by atoms with Gasteiger partial charge < -0.3 is 19.6 Å². The Morgan fingerprint density at radius 3 is 1.64 bits per heavy atom. The molecule has 0 fully saturated rings. The van der Waals surface area contributed by atoms with E-state index in [4.69, 9.17) is 10.5 Å². The highest BCUT2D eigenvalue weighted by Crippen LogP contribution is 2.41. The fraction of sp³-hybridized carbons (Fsp3) is 0.121. The second-order valence-corrected chi connectivity index (χ2v) is 19.1. The Bertz CT molecular complexity index is 2990. The van der Waals surface area contributed by atoms with Gasteiger partial charge in [-0.1, -0.05) is 91.0 Å². The van der Waals surface area contributed by atoms with Crippen LogP contribution >= 0.6 is 45.3 Å². The molecule has 0 bridgehead atoms. The van der Waals surface area contributed by atoms with Gasteiger partial charge >= 0.3 is 0 Å². The summed E-state index contributed by atoms with van der Waals surface area (Å²) in [6.07, 6.45) is 4.00. The quantitative estimate of drug-likeness (QED) is 0.133. The van der Waals surface area contributed by atoms with Crippen LogP contribution in [0.1, 0.15) is 39.5 Å². The molecular formula is C58H57N3O2S4. The summed E-state index contributed by atoms with van der Waals surface area (Å²) in [5, 5.41) is 11.2. The molecule has 0 radical (unpaired) electrons. The largest absolute Gasteiger partial charge is 0.494 e. The number of carbonyl (C=O) groups is 1. The van der Waals surface area contributed by atoms with Crippen LogP contribution in [0.2, 0.25) is 0 Å². The molecule has 0 atom stereocenters. The van der Waals surface area contributed by atoms with Crippen molar-refractivity contribution < 1.29 is 9.53 Å². The van der Waals surface area contributed by atoms with Gasteiger partial charge in [0.15, 0.2) is 5.78 Å². The number of para-hydroxylation sites is 2. The van der Waals surface area contributed by atoms with Crippen LogP contribution in [0.4, 0.5) is 5.69 Å². The van der Waals surface area contributed by atoms with Crippen LogP contribution in [0.15, 0.2) is 210 Å².